The van der Waals surface area contributed by atoms with Gasteiger partial charge < -0.3 is 10.4 Å². The number of carbonyl (C=O) groups excluding carboxylic acids is 1. The second kappa shape index (κ2) is 5.19. The van der Waals surface area contributed by atoms with Gasteiger partial charge in [0.1, 0.15) is 4.88 Å². The van der Waals surface area contributed by atoms with E-state index < -0.39 is 5.97 Å². The predicted molar refractivity (Wildman–Crippen MR) is 69.6 cm³/mol. The topological polar surface area (TPSA) is 97.1 Å². The number of aromatic nitrogens is 3. The summed E-state index contributed by atoms with van der Waals surface area (Å²) in [4.78, 5) is 26.3. The lowest BCUT2D eigenvalue weighted by molar-refractivity contribution is 0.0687. The van der Waals surface area contributed by atoms with Gasteiger partial charge in [-0.15, -0.1) is 0 Å². The molecule has 0 aliphatic heterocycles. The van der Waals surface area contributed by atoms with E-state index in [-0.39, 0.29) is 16.4 Å². The number of carbonyl (C=O) groups is 2. The van der Waals surface area contributed by atoms with Crippen LogP contribution < -0.4 is 5.32 Å². The Kier molecular flexibility index (Phi) is 3.61. The van der Waals surface area contributed by atoms with Crippen LogP contribution in [0.4, 0.5) is 5.13 Å². The maximum Gasteiger partial charge on any atom is 0.356 e. The Morgan fingerprint density at radius 3 is 2.74 bits per heavy atom. The first-order valence-corrected chi connectivity index (χ1v) is 6.26. The van der Waals surface area contributed by atoms with Crippen LogP contribution in [0.3, 0.4) is 0 Å². The highest BCUT2D eigenvalue weighted by molar-refractivity contribution is 7.17. The van der Waals surface area contributed by atoms with Crippen molar-refractivity contribution in [2.45, 2.75) is 13.5 Å². The minimum Gasteiger partial charge on any atom is -0.476 e. The Morgan fingerprint density at radius 2 is 2.26 bits per heavy atom. The van der Waals surface area contributed by atoms with Crippen LogP contribution in [-0.4, -0.2) is 31.6 Å². The zero-order valence-electron chi connectivity index (χ0n) is 10.4. The molecule has 19 heavy (non-hydrogen) atoms. The first kappa shape index (κ1) is 13.2. The molecule has 0 saturated carbocycles. The summed E-state index contributed by atoms with van der Waals surface area (Å²) in [6.07, 6.45) is 1.81. The van der Waals surface area contributed by atoms with E-state index in [1.807, 2.05) is 19.3 Å². The molecule has 2 heterocycles. The van der Waals surface area contributed by atoms with E-state index in [9.17, 15) is 9.59 Å². The van der Waals surface area contributed by atoms with Gasteiger partial charge in [-0.1, -0.05) is 11.3 Å². The summed E-state index contributed by atoms with van der Waals surface area (Å²) in [5.41, 5.74) is 0.597. The van der Waals surface area contributed by atoms with Crippen molar-refractivity contribution >= 4 is 28.2 Å². The third kappa shape index (κ3) is 2.97. The van der Waals surface area contributed by atoms with Crippen LogP contribution in [0.5, 0.6) is 0 Å². The fourth-order valence-corrected chi connectivity index (χ4v) is 2.35. The predicted octanol–water partition coefficient (Wildman–Crippen LogP) is 1.39. The van der Waals surface area contributed by atoms with Crippen molar-refractivity contribution in [2.75, 3.05) is 5.32 Å². The molecule has 0 aliphatic carbocycles. The SMILES string of the molecule is CC(=O)c1sc(NCc2ccn(C)n2)nc1C(=O)O. The number of ketones is 1. The number of thiazole rings is 1. The van der Waals surface area contributed by atoms with E-state index in [1.54, 1.807) is 4.68 Å². The van der Waals surface area contributed by atoms with Crippen molar-refractivity contribution < 1.29 is 14.7 Å². The van der Waals surface area contributed by atoms with Crippen LogP contribution in [0.1, 0.15) is 32.8 Å². The molecule has 2 aromatic heterocycles. The number of aryl methyl sites for hydroxylation is 1. The summed E-state index contributed by atoms with van der Waals surface area (Å²) < 4.78 is 1.67. The molecule has 0 aromatic carbocycles. The van der Waals surface area contributed by atoms with Gasteiger partial charge in [0.15, 0.2) is 16.6 Å². The largest absolute Gasteiger partial charge is 0.476 e. The molecule has 100 valence electrons. The van der Waals surface area contributed by atoms with Gasteiger partial charge in [0, 0.05) is 20.2 Å². The van der Waals surface area contributed by atoms with Crippen LogP contribution in [0.25, 0.3) is 0 Å². The maximum absolute atomic E-state index is 11.3. The van der Waals surface area contributed by atoms with Gasteiger partial charge in [0.05, 0.1) is 12.2 Å². The molecule has 2 aromatic rings. The summed E-state index contributed by atoms with van der Waals surface area (Å²) in [6.45, 7) is 1.74. The van der Waals surface area contributed by atoms with Crippen molar-refractivity contribution in [3.05, 3.63) is 28.5 Å². The number of hydrogen-bond donors (Lipinski definition) is 2. The van der Waals surface area contributed by atoms with E-state index in [4.69, 9.17) is 5.11 Å². The lowest BCUT2D eigenvalue weighted by Gasteiger charge is -1.98. The number of nitrogens with zero attached hydrogens (tertiary/aromatic N) is 3. The quantitative estimate of drug-likeness (QED) is 0.803. The van der Waals surface area contributed by atoms with Gasteiger partial charge in [-0.3, -0.25) is 9.48 Å². The fourth-order valence-electron chi connectivity index (χ4n) is 1.50. The third-order valence-electron chi connectivity index (χ3n) is 2.34. The summed E-state index contributed by atoms with van der Waals surface area (Å²) in [5, 5.41) is 16.5. The molecular formula is C11H12N4O3S. The van der Waals surface area contributed by atoms with Crippen LogP contribution in [-0.2, 0) is 13.6 Å². The first-order chi connectivity index (χ1) is 8.97. The molecule has 2 rings (SSSR count). The zero-order chi connectivity index (χ0) is 14.0. The number of hydrogen-bond acceptors (Lipinski definition) is 6. The Labute approximate surface area is 112 Å². The molecule has 0 radical (unpaired) electrons. The number of aromatic carboxylic acids is 1. The Hall–Kier alpha value is -2.22. The van der Waals surface area contributed by atoms with Crippen LogP contribution in [0.15, 0.2) is 12.3 Å². The van der Waals surface area contributed by atoms with Crippen molar-refractivity contribution in [1.82, 2.24) is 14.8 Å². The van der Waals surface area contributed by atoms with E-state index in [2.05, 4.69) is 15.4 Å². The summed E-state index contributed by atoms with van der Waals surface area (Å²) in [7, 11) is 1.81. The second-order valence-corrected chi connectivity index (χ2v) is 4.89. The normalized spacial score (nSPS) is 10.4. The molecule has 0 aliphatic rings. The van der Waals surface area contributed by atoms with Gasteiger partial charge in [-0.05, 0) is 6.07 Å². The van der Waals surface area contributed by atoms with Gasteiger partial charge in [-0.25, -0.2) is 9.78 Å². The number of anilines is 1. The first-order valence-electron chi connectivity index (χ1n) is 5.45. The Balaban J connectivity index is 2.15. The number of Topliss-reactive ketones (excluding diaryl/α,β-unsaturated/α-hetero) is 1. The molecule has 0 fully saturated rings. The van der Waals surface area contributed by atoms with Crippen LogP contribution >= 0.6 is 11.3 Å². The van der Waals surface area contributed by atoms with Gasteiger partial charge in [0.25, 0.3) is 0 Å². The lowest BCUT2D eigenvalue weighted by atomic mass is 10.3. The fraction of sp³-hybridized carbons (Fsp3) is 0.273. The molecule has 7 nitrogen and oxygen atoms in total. The van der Waals surface area contributed by atoms with E-state index in [0.717, 1.165) is 17.0 Å². The second-order valence-electron chi connectivity index (χ2n) is 3.89. The zero-order valence-corrected chi connectivity index (χ0v) is 11.2. The summed E-state index contributed by atoms with van der Waals surface area (Å²) in [6, 6.07) is 1.84. The molecule has 8 heteroatoms. The lowest BCUT2D eigenvalue weighted by Crippen LogP contribution is -2.04. The number of rotatable bonds is 5. The standard InChI is InChI=1S/C11H12N4O3S/c1-6(16)9-8(10(17)18)13-11(19-9)12-5-7-3-4-15(2)14-7/h3-4H,5H2,1-2H3,(H,12,13)(H,17,18). The molecule has 0 bridgehead atoms. The van der Waals surface area contributed by atoms with Gasteiger partial charge in [0.2, 0.25) is 0 Å². The van der Waals surface area contributed by atoms with Gasteiger partial charge >= 0.3 is 5.97 Å². The molecular weight excluding hydrogens is 268 g/mol. The molecule has 2 N–H and O–H groups in total. The van der Waals surface area contributed by atoms with Crippen molar-refractivity contribution in [3.8, 4) is 0 Å². The highest BCUT2D eigenvalue weighted by Gasteiger charge is 2.20. The highest BCUT2D eigenvalue weighted by atomic mass is 32.1. The highest BCUT2D eigenvalue weighted by Crippen LogP contribution is 2.24. The number of carboxylic acids is 1. The maximum atomic E-state index is 11.3. The smallest absolute Gasteiger partial charge is 0.356 e. The molecule has 0 spiro atoms. The molecule has 0 saturated heterocycles. The van der Waals surface area contributed by atoms with Crippen LogP contribution in [0, 0.1) is 0 Å². The number of nitrogens with one attached hydrogen (secondary N) is 1. The van der Waals surface area contributed by atoms with E-state index in [1.165, 1.54) is 6.92 Å². The van der Waals surface area contributed by atoms with Crippen molar-refractivity contribution in [1.29, 1.82) is 0 Å². The average Bonchev–Trinajstić information content (AvgIpc) is 2.92. The van der Waals surface area contributed by atoms with E-state index >= 15 is 0 Å². The van der Waals surface area contributed by atoms with Crippen molar-refractivity contribution in [2.24, 2.45) is 7.05 Å². The average molecular weight is 280 g/mol. The monoisotopic (exact) mass is 280 g/mol. The molecule has 0 atom stereocenters. The minimum absolute atomic E-state index is 0.149. The molecule has 0 amide bonds. The third-order valence-corrected chi connectivity index (χ3v) is 3.45. The van der Waals surface area contributed by atoms with Crippen molar-refractivity contribution in [3.63, 3.8) is 0 Å². The Morgan fingerprint density at radius 1 is 1.53 bits per heavy atom. The van der Waals surface area contributed by atoms with Crippen LogP contribution in [0.2, 0.25) is 0 Å². The summed E-state index contributed by atoms with van der Waals surface area (Å²) >= 11 is 1.03. The minimum atomic E-state index is -1.20. The number of carboxylic acid groups (broad SMARTS) is 1. The van der Waals surface area contributed by atoms with E-state index in [0.29, 0.717) is 11.7 Å². The molecule has 0 unspecified atom stereocenters. The van der Waals surface area contributed by atoms with Gasteiger partial charge in [-0.2, -0.15) is 5.10 Å². The summed E-state index contributed by atoms with van der Waals surface area (Å²) in [5.74, 6) is -1.51. The Bertz CT molecular complexity index is 600.